The van der Waals surface area contributed by atoms with Crippen molar-refractivity contribution in [1.82, 2.24) is 0 Å². The molecule has 0 spiro atoms. The minimum absolute atomic E-state index is 0.000344. The smallest absolute Gasteiger partial charge is 0.339 e. The van der Waals surface area contributed by atoms with Crippen LogP contribution < -0.4 is 19.0 Å². The summed E-state index contributed by atoms with van der Waals surface area (Å²) in [6, 6.07) is 35.2. The van der Waals surface area contributed by atoms with Gasteiger partial charge in [0, 0.05) is 16.5 Å². The van der Waals surface area contributed by atoms with Crippen LogP contribution >= 0.6 is 0 Å². The van der Waals surface area contributed by atoms with Gasteiger partial charge in [0.1, 0.15) is 15.5 Å². The summed E-state index contributed by atoms with van der Waals surface area (Å²) in [7, 11) is -8.38. The van der Waals surface area contributed by atoms with Crippen LogP contribution in [0.3, 0.4) is 0 Å². The summed E-state index contributed by atoms with van der Waals surface area (Å²) in [5, 5.41) is 7.77. The SMILES string of the molecule is O=C(Nc1ccc(OS(=O)(=O)c2cccc3ccccc23)cc1)Nc1ccccc1OS(=O)(=O)c1cccc2ccccc12. The average molecular weight is 625 g/mol. The lowest BCUT2D eigenvalue weighted by molar-refractivity contribution is 0.262. The maximum Gasteiger partial charge on any atom is 0.339 e. The van der Waals surface area contributed by atoms with Gasteiger partial charge in [-0.3, -0.25) is 0 Å². The van der Waals surface area contributed by atoms with Gasteiger partial charge in [0.05, 0.1) is 5.69 Å². The topological polar surface area (TPSA) is 128 Å². The number of rotatable bonds is 8. The summed E-state index contributed by atoms with van der Waals surface area (Å²) >= 11 is 0. The largest absolute Gasteiger partial charge is 0.379 e. The van der Waals surface area contributed by atoms with Crippen LogP contribution in [0.15, 0.2) is 143 Å². The summed E-state index contributed by atoms with van der Waals surface area (Å²) in [6.07, 6.45) is 0. The van der Waals surface area contributed by atoms with Crippen LogP contribution in [0.25, 0.3) is 21.5 Å². The molecule has 0 heterocycles. The van der Waals surface area contributed by atoms with E-state index in [0.717, 1.165) is 10.8 Å². The number of nitrogens with one attached hydrogen (secondary N) is 2. The van der Waals surface area contributed by atoms with E-state index >= 15 is 0 Å². The van der Waals surface area contributed by atoms with E-state index in [-0.39, 0.29) is 27.0 Å². The zero-order chi connectivity index (χ0) is 30.7. The van der Waals surface area contributed by atoms with Crippen molar-refractivity contribution < 1.29 is 30.0 Å². The summed E-state index contributed by atoms with van der Waals surface area (Å²) in [5.41, 5.74) is 0.453. The molecule has 2 N–H and O–H groups in total. The minimum atomic E-state index is -4.24. The van der Waals surface area contributed by atoms with Gasteiger partial charge >= 0.3 is 26.3 Å². The minimum Gasteiger partial charge on any atom is -0.379 e. The van der Waals surface area contributed by atoms with Gasteiger partial charge in [0.2, 0.25) is 0 Å². The summed E-state index contributed by atoms with van der Waals surface area (Å²) in [5.74, 6) is -0.0146. The Morgan fingerprint density at radius 1 is 0.500 bits per heavy atom. The molecular weight excluding hydrogens is 601 g/mol. The van der Waals surface area contributed by atoms with Crippen LogP contribution in [0.5, 0.6) is 11.5 Å². The van der Waals surface area contributed by atoms with Gasteiger partial charge < -0.3 is 19.0 Å². The van der Waals surface area contributed by atoms with E-state index in [1.807, 2.05) is 24.3 Å². The van der Waals surface area contributed by atoms with E-state index in [1.54, 1.807) is 60.7 Å². The lowest BCUT2D eigenvalue weighted by Gasteiger charge is -2.14. The van der Waals surface area contributed by atoms with E-state index < -0.39 is 26.3 Å². The molecule has 6 rings (SSSR count). The van der Waals surface area contributed by atoms with Gasteiger partial charge in [0.15, 0.2) is 5.75 Å². The highest BCUT2D eigenvalue weighted by Gasteiger charge is 2.22. The number of fused-ring (bicyclic) bond motifs is 2. The van der Waals surface area contributed by atoms with Crippen molar-refractivity contribution in [2.75, 3.05) is 10.6 Å². The van der Waals surface area contributed by atoms with E-state index in [1.165, 1.54) is 48.5 Å². The van der Waals surface area contributed by atoms with E-state index in [0.29, 0.717) is 16.5 Å². The molecule has 11 heteroatoms. The Bertz CT molecular complexity index is 2220. The standard InChI is InChI=1S/C33H24N2O7S2/c36-33(34-25-19-21-26(22-20-25)41-43(37,38)31-17-7-11-23-9-1-3-13-27(23)31)35-29-15-5-6-16-30(29)42-44(39,40)32-18-8-12-24-10-2-4-14-28(24)32/h1-22H,(H2,34,35,36). The fraction of sp³-hybridized carbons (Fsp3) is 0. The fourth-order valence-corrected chi connectivity index (χ4v) is 7.01. The quantitative estimate of drug-likeness (QED) is 0.172. The highest BCUT2D eigenvalue weighted by Crippen LogP contribution is 2.31. The van der Waals surface area contributed by atoms with Crippen molar-refractivity contribution in [2.45, 2.75) is 9.79 Å². The maximum absolute atomic E-state index is 13.2. The maximum atomic E-state index is 13.2. The second-order valence-corrected chi connectivity index (χ2v) is 12.7. The third-order valence-electron chi connectivity index (χ3n) is 6.69. The van der Waals surface area contributed by atoms with Gasteiger partial charge in [-0.05, 0) is 59.3 Å². The molecule has 0 aromatic heterocycles. The predicted octanol–water partition coefficient (Wildman–Crippen LogP) is 7.17. The van der Waals surface area contributed by atoms with Crippen molar-refractivity contribution in [3.63, 3.8) is 0 Å². The molecule has 0 aliphatic rings. The van der Waals surface area contributed by atoms with Crippen LogP contribution in [0.2, 0.25) is 0 Å². The molecule has 220 valence electrons. The second kappa shape index (κ2) is 11.7. The lowest BCUT2D eigenvalue weighted by Crippen LogP contribution is -2.20. The molecule has 0 saturated heterocycles. The molecule has 44 heavy (non-hydrogen) atoms. The molecule has 0 fully saturated rings. The Labute approximate surface area is 253 Å². The van der Waals surface area contributed by atoms with Gasteiger partial charge in [-0.2, -0.15) is 16.8 Å². The first-order valence-electron chi connectivity index (χ1n) is 13.3. The molecule has 0 aliphatic heterocycles. The Kier molecular flexibility index (Phi) is 7.64. The normalized spacial score (nSPS) is 11.6. The zero-order valence-corrected chi connectivity index (χ0v) is 24.5. The van der Waals surface area contributed by atoms with Crippen molar-refractivity contribution in [3.8, 4) is 11.5 Å². The van der Waals surface area contributed by atoms with Gasteiger partial charge in [-0.15, -0.1) is 0 Å². The molecule has 6 aromatic carbocycles. The van der Waals surface area contributed by atoms with Gasteiger partial charge in [0.25, 0.3) is 0 Å². The molecule has 0 radical (unpaired) electrons. The Morgan fingerprint density at radius 3 is 1.61 bits per heavy atom. The summed E-state index contributed by atoms with van der Waals surface area (Å²) in [6.45, 7) is 0. The summed E-state index contributed by atoms with van der Waals surface area (Å²) < 4.78 is 63.3. The summed E-state index contributed by atoms with van der Waals surface area (Å²) in [4.78, 5) is 12.9. The lowest BCUT2D eigenvalue weighted by atomic mass is 10.1. The van der Waals surface area contributed by atoms with Gasteiger partial charge in [-0.25, -0.2) is 4.79 Å². The van der Waals surface area contributed by atoms with E-state index in [2.05, 4.69) is 10.6 Å². The van der Waals surface area contributed by atoms with Crippen molar-refractivity contribution in [1.29, 1.82) is 0 Å². The molecule has 0 saturated carbocycles. The van der Waals surface area contributed by atoms with Crippen molar-refractivity contribution >= 4 is 59.2 Å². The highest BCUT2D eigenvalue weighted by molar-refractivity contribution is 7.87. The number of hydrogen-bond donors (Lipinski definition) is 2. The Balaban J connectivity index is 1.14. The zero-order valence-electron chi connectivity index (χ0n) is 22.9. The van der Waals surface area contributed by atoms with Crippen molar-refractivity contribution in [3.05, 3.63) is 133 Å². The number of benzene rings is 6. The van der Waals surface area contributed by atoms with Crippen LogP contribution in [0.4, 0.5) is 16.2 Å². The third kappa shape index (κ3) is 6.05. The molecule has 0 atom stereocenters. The first kappa shape index (κ1) is 28.7. The number of urea groups is 1. The Hall–Kier alpha value is -5.39. The van der Waals surface area contributed by atoms with Crippen molar-refractivity contribution in [2.24, 2.45) is 0 Å². The molecule has 9 nitrogen and oxygen atoms in total. The Morgan fingerprint density at radius 2 is 1.00 bits per heavy atom. The van der Waals surface area contributed by atoms with Crippen LogP contribution in [-0.4, -0.2) is 22.9 Å². The number of hydrogen-bond acceptors (Lipinski definition) is 7. The van der Waals surface area contributed by atoms with E-state index in [9.17, 15) is 21.6 Å². The third-order valence-corrected chi connectivity index (χ3v) is 9.29. The first-order valence-corrected chi connectivity index (χ1v) is 16.1. The molecule has 6 aromatic rings. The van der Waals surface area contributed by atoms with Crippen LogP contribution in [0.1, 0.15) is 0 Å². The molecular formula is C33H24N2O7S2. The predicted molar refractivity (Wildman–Crippen MR) is 169 cm³/mol. The number of carbonyl (C=O) groups is 1. The fourth-order valence-electron chi connectivity index (χ4n) is 4.68. The van der Waals surface area contributed by atoms with Crippen LogP contribution in [0, 0.1) is 0 Å². The average Bonchev–Trinajstić information content (AvgIpc) is 3.02. The van der Waals surface area contributed by atoms with Gasteiger partial charge in [-0.1, -0.05) is 84.9 Å². The van der Waals surface area contributed by atoms with E-state index in [4.69, 9.17) is 8.37 Å². The number of anilines is 2. The van der Waals surface area contributed by atoms with Crippen LogP contribution in [-0.2, 0) is 20.2 Å². The first-order chi connectivity index (χ1) is 21.2. The molecule has 2 amide bonds. The number of para-hydroxylation sites is 2. The number of amides is 2. The molecule has 0 aliphatic carbocycles. The molecule has 0 bridgehead atoms. The monoisotopic (exact) mass is 624 g/mol. The highest BCUT2D eigenvalue weighted by atomic mass is 32.2. The molecule has 0 unspecified atom stereocenters. The number of carbonyl (C=O) groups excluding carboxylic acids is 1. The second-order valence-electron chi connectivity index (χ2n) is 9.63.